The highest BCUT2D eigenvalue weighted by molar-refractivity contribution is 14.0. The SMILES string of the molecule is COc1ccc(COCCN=C(N)Nc2cccc(C(C)C)c2)cc1.I. The summed E-state index contributed by atoms with van der Waals surface area (Å²) in [6.45, 7) is 5.90. The molecule has 0 bridgehead atoms. The van der Waals surface area contributed by atoms with Crippen LogP contribution in [-0.4, -0.2) is 26.2 Å². The predicted molar refractivity (Wildman–Crippen MR) is 119 cm³/mol. The Hall–Kier alpha value is -1.80. The summed E-state index contributed by atoms with van der Waals surface area (Å²) in [5.41, 5.74) is 9.24. The molecule has 0 aliphatic heterocycles. The molecule has 0 fully saturated rings. The molecule has 0 spiro atoms. The van der Waals surface area contributed by atoms with Gasteiger partial charge in [-0.15, -0.1) is 24.0 Å². The fourth-order valence-electron chi connectivity index (χ4n) is 2.31. The van der Waals surface area contributed by atoms with Crippen LogP contribution in [0.3, 0.4) is 0 Å². The van der Waals surface area contributed by atoms with Gasteiger partial charge in [0.1, 0.15) is 5.75 Å². The minimum atomic E-state index is 0. The largest absolute Gasteiger partial charge is 0.497 e. The molecular formula is C20H28IN3O2. The molecule has 142 valence electrons. The average molecular weight is 469 g/mol. The molecule has 0 unspecified atom stereocenters. The van der Waals surface area contributed by atoms with Gasteiger partial charge in [-0.25, -0.2) is 0 Å². The van der Waals surface area contributed by atoms with Crippen LogP contribution in [-0.2, 0) is 11.3 Å². The first-order valence-electron chi connectivity index (χ1n) is 8.46. The summed E-state index contributed by atoms with van der Waals surface area (Å²) in [6, 6.07) is 16.0. The van der Waals surface area contributed by atoms with Gasteiger partial charge in [-0.05, 0) is 41.3 Å². The summed E-state index contributed by atoms with van der Waals surface area (Å²) in [5, 5.41) is 3.12. The van der Waals surface area contributed by atoms with E-state index >= 15 is 0 Å². The van der Waals surface area contributed by atoms with Gasteiger partial charge >= 0.3 is 0 Å². The second-order valence-corrected chi connectivity index (χ2v) is 6.07. The lowest BCUT2D eigenvalue weighted by atomic mass is 10.0. The summed E-state index contributed by atoms with van der Waals surface area (Å²) in [6.07, 6.45) is 0. The molecule has 0 aliphatic rings. The monoisotopic (exact) mass is 469 g/mol. The predicted octanol–water partition coefficient (Wildman–Crippen LogP) is 4.38. The molecule has 0 heterocycles. The Labute approximate surface area is 173 Å². The van der Waals surface area contributed by atoms with E-state index < -0.39 is 0 Å². The maximum atomic E-state index is 5.93. The van der Waals surface area contributed by atoms with Crippen molar-refractivity contribution < 1.29 is 9.47 Å². The fourth-order valence-corrected chi connectivity index (χ4v) is 2.31. The van der Waals surface area contributed by atoms with Crippen LogP contribution in [0.15, 0.2) is 53.5 Å². The van der Waals surface area contributed by atoms with E-state index in [0.717, 1.165) is 17.0 Å². The molecule has 0 amide bonds. The molecule has 5 nitrogen and oxygen atoms in total. The van der Waals surface area contributed by atoms with E-state index in [-0.39, 0.29) is 24.0 Å². The van der Waals surface area contributed by atoms with Crippen molar-refractivity contribution in [3.63, 3.8) is 0 Å². The standard InChI is InChI=1S/C20H27N3O2.HI/c1-15(2)17-5-4-6-18(13-17)23-20(21)22-11-12-25-14-16-7-9-19(24-3)10-8-16;/h4-10,13,15H,11-12,14H2,1-3H3,(H3,21,22,23);1H. The Bertz CT molecular complexity index is 688. The number of benzene rings is 2. The van der Waals surface area contributed by atoms with E-state index in [9.17, 15) is 0 Å². The highest BCUT2D eigenvalue weighted by Crippen LogP contribution is 2.18. The van der Waals surface area contributed by atoms with E-state index in [0.29, 0.717) is 31.6 Å². The van der Waals surface area contributed by atoms with E-state index in [2.05, 4.69) is 36.3 Å². The van der Waals surface area contributed by atoms with Gasteiger partial charge in [0.25, 0.3) is 0 Å². The molecular weight excluding hydrogens is 441 g/mol. The number of aliphatic imine (C=N–C) groups is 1. The number of methoxy groups -OCH3 is 1. The van der Waals surface area contributed by atoms with E-state index in [1.807, 2.05) is 36.4 Å². The number of halogens is 1. The summed E-state index contributed by atoms with van der Waals surface area (Å²) < 4.78 is 10.7. The smallest absolute Gasteiger partial charge is 0.193 e. The van der Waals surface area contributed by atoms with Gasteiger partial charge in [0, 0.05) is 5.69 Å². The van der Waals surface area contributed by atoms with Crippen LogP contribution in [0.25, 0.3) is 0 Å². The topological polar surface area (TPSA) is 68.9 Å². The van der Waals surface area contributed by atoms with Crippen molar-refractivity contribution in [1.82, 2.24) is 0 Å². The first-order valence-corrected chi connectivity index (χ1v) is 8.46. The number of rotatable bonds is 8. The Kier molecular flexibility index (Phi) is 10.0. The third kappa shape index (κ3) is 7.61. The van der Waals surface area contributed by atoms with Crippen molar-refractivity contribution >= 4 is 35.6 Å². The highest BCUT2D eigenvalue weighted by Gasteiger charge is 2.01. The molecule has 3 N–H and O–H groups in total. The molecule has 2 rings (SSSR count). The number of nitrogens with one attached hydrogen (secondary N) is 1. The highest BCUT2D eigenvalue weighted by atomic mass is 127. The third-order valence-electron chi connectivity index (χ3n) is 3.77. The summed E-state index contributed by atoms with van der Waals surface area (Å²) in [5.74, 6) is 1.72. The van der Waals surface area contributed by atoms with Crippen molar-refractivity contribution in [2.45, 2.75) is 26.4 Å². The molecule has 26 heavy (non-hydrogen) atoms. The van der Waals surface area contributed by atoms with Gasteiger partial charge in [-0.3, -0.25) is 4.99 Å². The van der Waals surface area contributed by atoms with Crippen LogP contribution in [0.4, 0.5) is 5.69 Å². The van der Waals surface area contributed by atoms with Crippen LogP contribution in [0.2, 0.25) is 0 Å². The van der Waals surface area contributed by atoms with Gasteiger partial charge in [0.2, 0.25) is 0 Å². The summed E-state index contributed by atoms with van der Waals surface area (Å²) in [7, 11) is 1.65. The zero-order valence-corrected chi connectivity index (χ0v) is 17.9. The van der Waals surface area contributed by atoms with E-state index in [1.54, 1.807) is 7.11 Å². The Morgan fingerprint density at radius 1 is 1.15 bits per heavy atom. The zero-order valence-electron chi connectivity index (χ0n) is 15.6. The lowest BCUT2D eigenvalue weighted by Crippen LogP contribution is -2.23. The maximum Gasteiger partial charge on any atom is 0.193 e. The van der Waals surface area contributed by atoms with Crippen molar-refractivity contribution in [2.75, 3.05) is 25.6 Å². The lowest BCUT2D eigenvalue weighted by molar-refractivity contribution is 0.128. The number of nitrogens with zero attached hydrogens (tertiary/aromatic N) is 1. The summed E-state index contributed by atoms with van der Waals surface area (Å²) >= 11 is 0. The molecule has 2 aromatic rings. The summed E-state index contributed by atoms with van der Waals surface area (Å²) in [4.78, 5) is 4.29. The number of anilines is 1. The molecule has 0 aromatic heterocycles. The van der Waals surface area contributed by atoms with Crippen molar-refractivity contribution in [1.29, 1.82) is 0 Å². The molecule has 0 saturated heterocycles. The second kappa shape index (κ2) is 11.7. The first kappa shape index (κ1) is 22.2. The number of hydrogen-bond donors (Lipinski definition) is 2. The number of ether oxygens (including phenoxy) is 2. The van der Waals surface area contributed by atoms with E-state index in [4.69, 9.17) is 15.2 Å². The number of nitrogens with two attached hydrogens (primary N) is 1. The molecule has 0 radical (unpaired) electrons. The first-order chi connectivity index (χ1) is 12.1. The third-order valence-corrected chi connectivity index (χ3v) is 3.77. The van der Waals surface area contributed by atoms with Crippen LogP contribution in [0.5, 0.6) is 5.75 Å². The minimum Gasteiger partial charge on any atom is -0.497 e. The zero-order chi connectivity index (χ0) is 18.1. The minimum absolute atomic E-state index is 0. The van der Waals surface area contributed by atoms with Gasteiger partial charge < -0.3 is 20.5 Å². The Morgan fingerprint density at radius 3 is 2.54 bits per heavy atom. The fraction of sp³-hybridized carbons (Fsp3) is 0.350. The average Bonchev–Trinajstić information content (AvgIpc) is 2.62. The van der Waals surface area contributed by atoms with Crippen LogP contribution < -0.4 is 15.8 Å². The normalized spacial score (nSPS) is 11.2. The number of guanidine groups is 1. The van der Waals surface area contributed by atoms with Gasteiger partial charge in [0.15, 0.2) is 5.96 Å². The van der Waals surface area contributed by atoms with Gasteiger partial charge in [-0.2, -0.15) is 0 Å². The number of hydrogen-bond acceptors (Lipinski definition) is 3. The molecule has 0 saturated carbocycles. The molecule has 2 aromatic carbocycles. The maximum absolute atomic E-state index is 5.93. The Balaban J connectivity index is 0.00000338. The van der Waals surface area contributed by atoms with E-state index in [1.165, 1.54) is 5.56 Å². The molecule has 6 heteroatoms. The van der Waals surface area contributed by atoms with Crippen molar-refractivity contribution in [2.24, 2.45) is 10.7 Å². The quantitative estimate of drug-likeness (QED) is 0.261. The van der Waals surface area contributed by atoms with Crippen molar-refractivity contribution in [3.8, 4) is 5.75 Å². The van der Waals surface area contributed by atoms with Crippen LogP contribution in [0.1, 0.15) is 30.9 Å². The Morgan fingerprint density at radius 2 is 1.88 bits per heavy atom. The molecule has 0 atom stereocenters. The lowest BCUT2D eigenvalue weighted by Gasteiger charge is -2.10. The van der Waals surface area contributed by atoms with Crippen LogP contribution >= 0.6 is 24.0 Å². The molecule has 0 aliphatic carbocycles. The van der Waals surface area contributed by atoms with Gasteiger partial charge in [-0.1, -0.05) is 38.1 Å². The second-order valence-electron chi connectivity index (χ2n) is 6.07. The van der Waals surface area contributed by atoms with Crippen LogP contribution in [0, 0.1) is 0 Å². The van der Waals surface area contributed by atoms with Crippen molar-refractivity contribution in [3.05, 3.63) is 59.7 Å². The van der Waals surface area contributed by atoms with Gasteiger partial charge in [0.05, 0.1) is 26.9 Å².